The Kier molecular flexibility index (Phi) is 8.68. The molecule has 1 aromatic heterocycles. The van der Waals surface area contributed by atoms with Gasteiger partial charge in [-0.1, -0.05) is 60.7 Å². The second-order valence-corrected chi connectivity index (χ2v) is 12.1. The zero-order valence-corrected chi connectivity index (χ0v) is 24.9. The molecular weight excluding hydrogens is 612 g/mol. The van der Waals surface area contributed by atoms with E-state index >= 15 is 0 Å². The van der Waals surface area contributed by atoms with Crippen LogP contribution in [0.2, 0.25) is 0 Å². The fourth-order valence-electron chi connectivity index (χ4n) is 7.07. The number of aliphatic hydroxyl groups excluding tert-OH is 1. The SMILES string of the molecule is CC(O)Cn1nnc(C2CC3(c4ccccc4)C(OCc4cc(C(F)(F)F)cc(C(F)(F)F)c4)CCC2N3Cc2ccccc2)n1. The van der Waals surface area contributed by atoms with E-state index in [0.29, 0.717) is 31.6 Å². The van der Waals surface area contributed by atoms with E-state index in [0.717, 1.165) is 23.3 Å². The zero-order chi connectivity index (χ0) is 32.7. The van der Waals surface area contributed by atoms with Crippen LogP contribution in [-0.2, 0) is 42.3 Å². The molecular formula is C33H33F6N5O2. The van der Waals surface area contributed by atoms with Gasteiger partial charge in [-0.15, -0.1) is 10.2 Å². The van der Waals surface area contributed by atoms with Crippen molar-refractivity contribution < 1.29 is 36.2 Å². The average Bonchev–Trinajstić information content (AvgIpc) is 3.54. The standard InChI is InChI=1S/C33H33F6N5O2/c1-21(45)18-44-41-30(40-42-44)27-17-31(24-10-6-3-7-11-24)29(13-12-28(27)43(31)19-22-8-4-2-5-9-22)46-20-23-14-25(32(34,35)36)16-26(15-23)33(37,38)39/h2-11,14-16,21,27-29,45H,12-13,17-20H2,1H3. The summed E-state index contributed by atoms with van der Waals surface area (Å²) in [6.07, 6.45) is -9.56. The molecule has 5 unspecified atom stereocenters. The fourth-order valence-corrected chi connectivity index (χ4v) is 7.07. The third-order valence-corrected chi connectivity index (χ3v) is 8.96. The molecule has 0 saturated carbocycles. The first-order valence-corrected chi connectivity index (χ1v) is 15.1. The Labute approximate surface area is 261 Å². The molecule has 3 heterocycles. The molecule has 2 aliphatic rings. The quantitative estimate of drug-likeness (QED) is 0.204. The molecule has 0 spiro atoms. The van der Waals surface area contributed by atoms with E-state index in [4.69, 9.17) is 4.74 Å². The summed E-state index contributed by atoms with van der Waals surface area (Å²) in [5, 5.41) is 23.0. The van der Waals surface area contributed by atoms with Crippen LogP contribution in [0.25, 0.3) is 0 Å². The van der Waals surface area contributed by atoms with Crippen molar-refractivity contribution in [1.29, 1.82) is 0 Å². The van der Waals surface area contributed by atoms with Gasteiger partial charge < -0.3 is 9.84 Å². The molecule has 6 rings (SSSR count). The third-order valence-electron chi connectivity index (χ3n) is 8.96. The van der Waals surface area contributed by atoms with Gasteiger partial charge in [0.25, 0.3) is 0 Å². The number of fused-ring (bicyclic) bond motifs is 2. The molecule has 2 bridgehead atoms. The Balaban J connectivity index is 1.40. The van der Waals surface area contributed by atoms with Crippen molar-refractivity contribution in [3.63, 3.8) is 0 Å². The van der Waals surface area contributed by atoms with Gasteiger partial charge in [0.05, 0.1) is 42.0 Å². The molecule has 5 atom stereocenters. The van der Waals surface area contributed by atoms with Crippen molar-refractivity contribution in [2.24, 2.45) is 0 Å². The molecule has 46 heavy (non-hydrogen) atoms. The highest BCUT2D eigenvalue weighted by atomic mass is 19.4. The number of benzene rings is 3. The van der Waals surface area contributed by atoms with Gasteiger partial charge >= 0.3 is 12.4 Å². The highest BCUT2D eigenvalue weighted by Crippen LogP contribution is 2.57. The number of tetrazole rings is 1. The summed E-state index contributed by atoms with van der Waals surface area (Å²) < 4.78 is 88.2. The lowest BCUT2D eigenvalue weighted by molar-refractivity contribution is -0.143. The Morgan fingerprint density at radius 1 is 0.891 bits per heavy atom. The van der Waals surface area contributed by atoms with Gasteiger partial charge in [-0.2, -0.15) is 31.1 Å². The summed E-state index contributed by atoms with van der Waals surface area (Å²) in [6, 6.07) is 21.0. The maximum atomic E-state index is 13.6. The number of halogens is 6. The third kappa shape index (κ3) is 6.40. The number of alkyl halides is 6. The van der Waals surface area contributed by atoms with E-state index in [9.17, 15) is 31.4 Å². The molecule has 13 heteroatoms. The second-order valence-electron chi connectivity index (χ2n) is 12.1. The summed E-state index contributed by atoms with van der Waals surface area (Å²) in [5.74, 6) is 0.306. The number of rotatable bonds is 9. The minimum atomic E-state index is -4.96. The van der Waals surface area contributed by atoms with E-state index in [1.807, 2.05) is 60.7 Å². The van der Waals surface area contributed by atoms with E-state index in [1.54, 1.807) is 6.92 Å². The topological polar surface area (TPSA) is 76.3 Å². The summed E-state index contributed by atoms with van der Waals surface area (Å²) >= 11 is 0. The van der Waals surface area contributed by atoms with Gasteiger partial charge in [-0.05, 0) is 66.3 Å². The van der Waals surface area contributed by atoms with Crippen LogP contribution in [0.15, 0.2) is 78.9 Å². The molecule has 7 nitrogen and oxygen atoms in total. The van der Waals surface area contributed by atoms with Gasteiger partial charge in [0.1, 0.15) is 0 Å². The normalized spacial score (nSPS) is 24.3. The Morgan fingerprint density at radius 2 is 1.52 bits per heavy atom. The van der Waals surface area contributed by atoms with Crippen molar-refractivity contribution >= 4 is 0 Å². The molecule has 1 N–H and O–H groups in total. The first-order chi connectivity index (χ1) is 21.8. The molecule has 244 valence electrons. The van der Waals surface area contributed by atoms with Crippen molar-refractivity contribution in [2.45, 2.75) is 87.9 Å². The van der Waals surface area contributed by atoms with Crippen LogP contribution in [0, 0.1) is 0 Å². The van der Waals surface area contributed by atoms with Crippen molar-refractivity contribution in [2.75, 3.05) is 0 Å². The molecule has 2 saturated heterocycles. The van der Waals surface area contributed by atoms with Gasteiger partial charge in [0.15, 0.2) is 5.82 Å². The summed E-state index contributed by atoms with van der Waals surface area (Å²) in [5.41, 5.74) is -1.82. The number of hydrogen-bond acceptors (Lipinski definition) is 6. The number of aromatic nitrogens is 4. The Hall–Kier alpha value is -3.81. The fraction of sp³-hybridized carbons (Fsp3) is 0.424. The summed E-state index contributed by atoms with van der Waals surface area (Å²) in [4.78, 5) is 3.69. The Morgan fingerprint density at radius 3 is 2.13 bits per heavy atom. The molecule has 3 aromatic carbocycles. The van der Waals surface area contributed by atoms with E-state index in [2.05, 4.69) is 20.3 Å². The van der Waals surface area contributed by atoms with Crippen LogP contribution in [0.3, 0.4) is 0 Å². The lowest BCUT2D eigenvalue weighted by Crippen LogP contribution is -2.56. The molecule has 0 aliphatic carbocycles. The van der Waals surface area contributed by atoms with E-state index in [1.165, 1.54) is 4.80 Å². The lowest BCUT2D eigenvalue weighted by Gasteiger charge is -2.50. The predicted octanol–water partition coefficient (Wildman–Crippen LogP) is 6.72. The minimum Gasteiger partial charge on any atom is -0.391 e. The number of ether oxygens (including phenoxy) is 1. The maximum absolute atomic E-state index is 13.6. The van der Waals surface area contributed by atoms with E-state index < -0.39 is 47.8 Å². The van der Waals surface area contributed by atoms with Gasteiger partial charge in [-0.25, -0.2) is 0 Å². The molecule has 2 aliphatic heterocycles. The lowest BCUT2D eigenvalue weighted by atomic mass is 9.78. The molecule has 0 amide bonds. The van der Waals surface area contributed by atoms with Crippen molar-refractivity contribution in [1.82, 2.24) is 25.1 Å². The number of aliphatic hydroxyl groups is 1. The van der Waals surface area contributed by atoms with Crippen LogP contribution in [-0.4, -0.2) is 48.5 Å². The van der Waals surface area contributed by atoms with E-state index in [-0.39, 0.29) is 30.1 Å². The zero-order valence-electron chi connectivity index (χ0n) is 24.9. The van der Waals surface area contributed by atoms with Crippen molar-refractivity contribution in [3.8, 4) is 0 Å². The first-order valence-electron chi connectivity index (χ1n) is 15.1. The van der Waals surface area contributed by atoms with Gasteiger partial charge in [0, 0.05) is 18.5 Å². The van der Waals surface area contributed by atoms with Crippen LogP contribution < -0.4 is 0 Å². The van der Waals surface area contributed by atoms with Gasteiger partial charge in [-0.3, -0.25) is 4.90 Å². The average molecular weight is 646 g/mol. The largest absolute Gasteiger partial charge is 0.416 e. The van der Waals surface area contributed by atoms with Crippen LogP contribution in [0.1, 0.15) is 65.7 Å². The van der Waals surface area contributed by atoms with Gasteiger partial charge in [0.2, 0.25) is 0 Å². The number of piperidine rings is 1. The summed E-state index contributed by atoms with van der Waals surface area (Å²) in [7, 11) is 0. The van der Waals surface area contributed by atoms with Crippen LogP contribution in [0.5, 0.6) is 0 Å². The molecule has 4 aromatic rings. The summed E-state index contributed by atoms with van der Waals surface area (Å²) in [6.45, 7) is 1.87. The van der Waals surface area contributed by atoms with Crippen LogP contribution in [0.4, 0.5) is 26.3 Å². The maximum Gasteiger partial charge on any atom is 0.416 e. The number of nitrogens with zero attached hydrogens (tertiary/aromatic N) is 5. The minimum absolute atomic E-state index is 0.0603. The molecule has 0 radical (unpaired) electrons. The monoisotopic (exact) mass is 645 g/mol. The first kappa shape index (κ1) is 32.1. The van der Waals surface area contributed by atoms with Crippen molar-refractivity contribution in [3.05, 3.63) is 113 Å². The highest BCUT2D eigenvalue weighted by molar-refractivity contribution is 5.35. The smallest absolute Gasteiger partial charge is 0.391 e. The second kappa shape index (κ2) is 12.4. The highest BCUT2D eigenvalue weighted by Gasteiger charge is 2.61. The predicted molar refractivity (Wildman–Crippen MR) is 155 cm³/mol. The number of hydrogen-bond donors (Lipinski definition) is 1. The Bertz CT molecular complexity index is 1600. The molecule has 2 fully saturated rings. The van der Waals surface area contributed by atoms with Crippen LogP contribution >= 0.6 is 0 Å².